The van der Waals surface area contributed by atoms with Crippen molar-refractivity contribution in [2.75, 3.05) is 0 Å². The van der Waals surface area contributed by atoms with Crippen LogP contribution in [0.4, 0.5) is 0 Å². The minimum Gasteiger partial charge on any atom is -0.478 e. The van der Waals surface area contributed by atoms with E-state index in [0.29, 0.717) is 0 Å². The molecule has 0 bridgehead atoms. The molecule has 88 valence electrons. The molecule has 1 aliphatic carbocycles. The number of aromatic carboxylic acids is 1. The highest BCUT2D eigenvalue weighted by molar-refractivity contribution is 5.86. The minimum absolute atomic E-state index is 0.281. The Morgan fingerprint density at radius 2 is 2.19 bits per heavy atom. The van der Waals surface area contributed by atoms with Crippen LogP contribution in [0, 0.1) is 5.92 Å². The van der Waals surface area contributed by atoms with E-state index in [-0.39, 0.29) is 5.56 Å². The van der Waals surface area contributed by atoms with Crippen LogP contribution >= 0.6 is 0 Å². The predicted octanol–water partition coefficient (Wildman–Crippen LogP) is 2.55. The molecule has 0 amide bonds. The molecular weight excluding hydrogens is 204 g/mol. The van der Waals surface area contributed by atoms with Crippen LogP contribution in [-0.2, 0) is 6.54 Å². The highest BCUT2D eigenvalue weighted by atomic mass is 16.4. The van der Waals surface area contributed by atoms with E-state index in [0.717, 1.165) is 18.9 Å². The lowest BCUT2D eigenvalue weighted by atomic mass is 9.87. The van der Waals surface area contributed by atoms with Gasteiger partial charge in [0.25, 0.3) is 0 Å². The van der Waals surface area contributed by atoms with Gasteiger partial charge < -0.3 is 5.11 Å². The Labute approximate surface area is 95.3 Å². The van der Waals surface area contributed by atoms with Gasteiger partial charge in [-0.2, -0.15) is 5.10 Å². The second kappa shape index (κ2) is 5.14. The Balaban J connectivity index is 1.81. The van der Waals surface area contributed by atoms with Gasteiger partial charge in [0.05, 0.1) is 11.8 Å². The zero-order valence-electron chi connectivity index (χ0n) is 9.43. The average molecular weight is 222 g/mol. The third-order valence-electron chi connectivity index (χ3n) is 3.37. The lowest BCUT2D eigenvalue weighted by molar-refractivity contribution is 0.0697. The molecule has 0 saturated heterocycles. The summed E-state index contributed by atoms with van der Waals surface area (Å²) in [5.74, 6) is -0.0878. The molecule has 4 nitrogen and oxygen atoms in total. The maximum atomic E-state index is 10.7. The predicted molar refractivity (Wildman–Crippen MR) is 60.4 cm³/mol. The van der Waals surface area contributed by atoms with E-state index in [1.54, 1.807) is 10.9 Å². The van der Waals surface area contributed by atoms with Crippen LogP contribution in [0.5, 0.6) is 0 Å². The molecule has 0 atom stereocenters. The fourth-order valence-electron chi connectivity index (χ4n) is 2.39. The monoisotopic (exact) mass is 222 g/mol. The Morgan fingerprint density at radius 3 is 2.81 bits per heavy atom. The number of carboxylic acids is 1. The first-order valence-electron chi connectivity index (χ1n) is 6.01. The highest BCUT2D eigenvalue weighted by Crippen LogP contribution is 2.26. The molecule has 1 aromatic rings. The first-order valence-corrected chi connectivity index (χ1v) is 6.01. The summed E-state index contributed by atoms with van der Waals surface area (Å²) in [5, 5.41) is 12.8. The molecule has 1 aliphatic rings. The van der Waals surface area contributed by atoms with E-state index in [2.05, 4.69) is 5.10 Å². The maximum Gasteiger partial charge on any atom is 0.338 e. The van der Waals surface area contributed by atoms with Gasteiger partial charge in [-0.1, -0.05) is 32.1 Å². The van der Waals surface area contributed by atoms with Gasteiger partial charge in [0.1, 0.15) is 0 Å². The van der Waals surface area contributed by atoms with Crippen LogP contribution in [0.25, 0.3) is 0 Å². The molecule has 1 aromatic heterocycles. The molecule has 0 spiro atoms. The smallest absolute Gasteiger partial charge is 0.338 e. The summed E-state index contributed by atoms with van der Waals surface area (Å²) in [6.07, 6.45) is 10.9. The van der Waals surface area contributed by atoms with Crippen molar-refractivity contribution in [3.05, 3.63) is 18.0 Å². The van der Waals surface area contributed by atoms with Crippen molar-refractivity contribution in [2.45, 2.75) is 45.1 Å². The number of carbonyl (C=O) groups is 1. The molecule has 0 radical (unpaired) electrons. The van der Waals surface area contributed by atoms with Crippen LogP contribution in [0.3, 0.4) is 0 Å². The summed E-state index contributed by atoms with van der Waals surface area (Å²) >= 11 is 0. The van der Waals surface area contributed by atoms with Gasteiger partial charge >= 0.3 is 5.97 Å². The Hall–Kier alpha value is -1.32. The molecule has 0 aromatic carbocycles. The van der Waals surface area contributed by atoms with Crippen LogP contribution in [-0.4, -0.2) is 20.9 Å². The quantitative estimate of drug-likeness (QED) is 0.851. The lowest BCUT2D eigenvalue weighted by Crippen LogP contribution is -2.10. The second-order valence-corrected chi connectivity index (χ2v) is 4.59. The fraction of sp³-hybridized carbons (Fsp3) is 0.667. The lowest BCUT2D eigenvalue weighted by Gasteiger charge is -2.21. The molecule has 0 aliphatic heterocycles. The zero-order valence-corrected chi connectivity index (χ0v) is 9.43. The first kappa shape index (κ1) is 11.2. The number of rotatable bonds is 4. The third kappa shape index (κ3) is 2.84. The van der Waals surface area contributed by atoms with E-state index in [1.165, 1.54) is 38.3 Å². The van der Waals surface area contributed by atoms with Crippen molar-refractivity contribution in [3.63, 3.8) is 0 Å². The van der Waals surface area contributed by atoms with Crippen LogP contribution < -0.4 is 0 Å². The standard InChI is InChI=1S/C12H18N2O2/c15-12(16)11-8-13-14(9-11)7-6-10-4-2-1-3-5-10/h8-10H,1-7H2,(H,15,16). The summed E-state index contributed by atoms with van der Waals surface area (Å²) < 4.78 is 1.75. The highest BCUT2D eigenvalue weighted by Gasteiger charge is 2.13. The summed E-state index contributed by atoms with van der Waals surface area (Å²) in [7, 11) is 0. The number of hydrogen-bond acceptors (Lipinski definition) is 2. The molecule has 1 fully saturated rings. The maximum absolute atomic E-state index is 10.7. The Morgan fingerprint density at radius 1 is 1.44 bits per heavy atom. The van der Waals surface area contributed by atoms with Crippen molar-refractivity contribution in [3.8, 4) is 0 Å². The van der Waals surface area contributed by atoms with Crippen molar-refractivity contribution in [1.82, 2.24) is 9.78 Å². The first-order chi connectivity index (χ1) is 7.75. The summed E-state index contributed by atoms with van der Waals surface area (Å²) in [4.78, 5) is 10.7. The van der Waals surface area contributed by atoms with E-state index in [1.807, 2.05) is 0 Å². The van der Waals surface area contributed by atoms with Gasteiger partial charge in [0.2, 0.25) is 0 Å². The second-order valence-electron chi connectivity index (χ2n) is 4.59. The van der Waals surface area contributed by atoms with Crippen LogP contribution in [0.1, 0.15) is 48.9 Å². The van der Waals surface area contributed by atoms with Gasteiger partial charge in [-0.15, -0.1) is 0 Å². The normalized spacial score (nSPS) is 17.5. The minimum atomic E-state index is -0.899. The van der Waals surface area contributed by atoms with Crippen LogP contribution in [0.15, 0.2) is 12.4 Å². The zero-order chi connectivity index (χ0) is 11.4. The largest absolute Gasteiger partial charge is 0.478 e. The summed E-state index contributed by atoms with van der Waals surface area (Å²) in [5.41, 5.74) is 0.281. The Kier molecular flexibility index (Phi) is 3.59. The van der Waals surface area contributed by atoms with Crippen molar-refractivity contribution in [1.29, 1.82) is 0 Å². The Bertz CT molecular complexity index is 354. The SMILES string of the molecule is O=C(O)c1cnn(CCC2CCCCC2)c1. The van der Waals surface area contributed by atoms with Crippen molar-refractivity contribution >= 4 is 5.97 Å². The molecule has 0 unspecified atom stereocenters. The molecule has 1 heterocycles. The number of nitrogens with zero attached hydrogens (tertiary/aromatic N) is 2. The molecule has 1 N–H and O–H groups in total. The van der Waals surface area contributed by atoms with E-state index >= 15 is 0 Å². The number of carboxylic acid groups (broad SMARTS) is 1. The average Bonchev–Trinajstić information content (AvgIpc) is 2.76. The summed E-state index contributed by atoms with van der Waals surface area (Å²) in [6, 6.07) is 0. The molecule has 4 heteroatoms. The van der Waals surface area contributed by atoms with Gasteiger partial charge in [0.15, 0.2) is 0 Å². The van der Waals surface area contributed by atoms with E-state index < -0.39 is 5.97 Å². The van der Waals surface area contributed by atoms with Gasteiger partial charge in [-0.3, -0.25) is 4.68 Å². The van der Waals surface area contributed by atoms with Gasteiger partial charge in [-0.05, 0) is 12.3 Å². The molecular formula is C12H18N2O2. The van der Waals surface area contributed by atoms with E-state index in [4.69, 9.17) is 5.11 Å². The third-order valence-corrected chi connectivity index (χ3v) is 3.37. The topological polar surface area (TPSA) is 55.1 Å². The van der Waals surface area contributed by atoms with Crippen LogP contribution in [0.2, 0.25) is 0 Å². The number of aryl methyl sites for hydroxylation is 1. The van der Waals surface area contributed by atoms with Gasteiger partial charge in [0, 0.05) is 12.7 Å². The van der Waals surface area contributed by atoms with Crippen molar-refractivity contribution < 1.29 is 9.90 Å². The molecule has 16 heavy (non-hydrogen) atoms. The van der Waals surface area contributed by atoms with E-state index in [9.17, 15) is 4.79 Å². The number of hydrogen-bond donors (Lipinski definition) is 1. The number of aromatic nitrogens is 2. The fourth-order valence-corrected chi connectivity index (χ4v) is 2.39. The molecule has 1 saturated carbocycles. The van der Waals surface area contributed by atoms with Gasteiger partial charge in [-0.25, -0.2) is 4.79 Å². The van der Waals surface area contributed by atoms with Crippen molar-refractivity contribution in [2.24, 2.45) is 5.92 Å². The summed E-state index contributed by atoms with van der Waals surface area (Å²) in [6.45, 7) is 0.845. The molecule has 2 rings (SSSR count).